The summed E-state index contributed by atoms with van der Waals surface area (Å²) in [6.45, 7) is 7.72. The van der Waals surface area contributed by atoms with E-state index in [1.165, 1.54) is 4.88 Å². The van der Waals surface area contributed by atoms with Crippen molar-refractivity contribution in [1.82, 2.24) is 5.32 Å². The van der Waals surface area contributed by atoms with Crippen LogP contribution in [0.15, 0.2) is 17.5 Å². The molecule has 1 nitrogen and oxygen atoms in total. The van der Waals surface area contributed by atoms with Crippen LogP contribution in [0.3, 0.4) is 0 Å². The maximum Gasteiger partial charge on any atom is 0.0113 e. The lowest BCUT2D eigenvalue weighted by molar-refractivity contribution is 0.500. The van der Waals surface area contributed by atoms with Crippen LogP contribution in [0, 0.1) is 0 Å². The molecule has 1 N–H and O–H groups in total. The Labute approximate surface area is 78.8 Å². The van der Waals surface area contributed by atoms with Crippen molar-refractivity contribution in [2.24, 2.45) is 0 Å². The Morgan fingerprint density at radius 3 is 2.75 bits per heavy atom. The molecule has 1 aromatic heterocycles. The first kappa shape index (κ1) is 9.75. The molecule has 2 unspecified atom stereocenters. The summed E-state index contributed by atoms with van der Waals surface area (Å²) < 4.78 is 0. The minimum atomic E-state index is 0.577. The number of hydrogen-bond acceptors (Lipinski definition) is 2. The fraction of sp³-hybridized carbons (Fsp3) is 0.600. The molecule has 0 bridgehead atoms. The van der Waals surface area contributed by atoms with Crippen LogP contribution in [-0.2, 0) is 0 Å². The highest BCUT2D eigenvalue weighted by molar-refractivity contribution is 7.10. The Bertz CT molecular complexity index is 206. The first-order chi connectivity index (χ1) is 5.75. The Hall–Kier alpha value is -0.340. The Balaban J connectivity index is 2.53. The zero-order valence-electron chi connectivity index (χ0n) is 8.00. The highest BCUT2D eigenvalue weighted by Gasteiger charge is 2.13. The third kappa shape index (κ3) is 2.32. The third-order valence-electron chi connectivity index (χ3n) is 2.27. The second kappa shape index (κ2) is 4.63. The Morgan fingerprint density at radius 2 is 2.25 bits per heavy atom. The van der Waals surface area contributed by atoms with Gasteiger partial charge in [0.1, 0.15) is 0 Å². The molecular weight excluding hydrogens is 166 g/mol. The van der Waals surface area contributed by atoms with Crippen molar-refractivity contribution in [3.05, 3.63) is 22.4 Å². The molecule has 0 saturated carbocycles. The largest absolute Gasteiger partial charge is 0.314 e. The molecule has 2 atom stereocenters. The molecule has 0 fully saturated rings. The second-order valence-electron chi connectivity index (χ2n) is 3.15. The molecule has 0 aliphatic rings. The van der Waals surface area contributed by atoms with Gasteiger partial charge < -0.3 is 5.32 Å². The molecule has 1 rings (SSSR count). The predicted molar refractivity (Wildman–Crippen MR) is 55.9 cm³/mol. The topological polar surface area (TPSA) is 12.0 Å². The SMILES string of the molecule is CCNC(C)C(C)c1cccs1. The van der Waals surface area contributed by atoms with Crippen LogP contribution >= 0.6 is 11.3 Å². The van der Waals surface area contributed by atoms with E-state index < -0.39 is 0 Å². The molecule has 0 amide bonds. The van der Waals surface area contributed by atoms with Crippen molar-refractivity contribution in [1.29, 1.82) is 0 Å². The maximum absolute atomic E-state index is 3.44. The first-order valence-electron chi connectivity index (χ1n) is 4.52. The summed E-state index contributed by atoms with van der Waals surface area (Å²) in [5.41, 5.74) is 0. The molecule has 1 heterocycles. The summed E-state index contributed by atoms with van der Waals surface area (Å²) in [4.78, 5) is 1.48. The van der Waals surface area contributed by atoms with Gasteiger partial charge in [-0.3, -0.25) is 0 Å². The van der Waals surface area contributed by atoms with E-state index in [2.05, 4.69) is 43.6 Å². The van der Waals surface area contributed by atoms with E-state index in [1.807, 2.05) is 11.3 Å². The number of nitrogens with one attached hydrogen (secondary N) is 1. The average molecular weight is 183 g/mol. The molecule has 0 aromatic carbocycles. The Kier molecular flexibility index (Phi) is 3.76. The van der Waals surface area contributed by atoms with Gasteiger partial charge in [0.25, 0.3) is 0 Å². The van der Waals surface area contributed by atoms with E-state index >= 15 is 0 Å². The molecule has 12 heavy (non-hydrogen) atoms. The summed E-state index contributed by atoms with van der Waals surface area (Å²) in [7, 11) is 0. The maximum atomic E-state index is 3.44. The van der Waals surface area contributed by atoms with Gasteiger partial charge in [0.2, 0.25) is 0 Å². The molecule has 2 heteroatoms. The quantitative estimate of drug-likeness (QED) is 0.757. The van der Waals surface area contributed by atoms with Gasteiger partial charge >= 0.3 is 0 Å². The van der Waals surface area contributed by atoms with Gasteiger partial charge in [-0.25, -0.2) is 0 Å². The second-order valence-corrected chi connectivity index (χ2v) is 4.13. The van der Waals surface area contributed by atoms with Crippen LogP contribution in [-0.4, -0.2) is 12.6 Å². The first-order valence-corrected chi connectivity index (χ1v) is 5.40. The molecule has 1 aromatic rings. The van der Waals surface area contributed by atoms with Crippen molar-refractivity contribution in [3.8, 4) is 0 Å². The van der Waals surface area contributed by atoms with E-state index in [9.17, 15) is 0 Å². The molecule has 0 saturated heterocycles. The van der Waals surface area contributed by atoms with Crippen LogP contribution in [0.1, 0.15) is 31.6 Å². The zero-order valence-corrected chi connectivity index (χ0v) is 8.82. The van der Waals surface area contributed by atoms with Gasteiger partial charge in [0, 0.05) is 16.8 Å². The molecule has 68 valence electrons. The van der Waals surface area contributed by atoms with Crippen LogP contribution < -0.4 is 5.32 Å². The highest BCUT2D eigenvalue weighted by Crippen LogP contribution is 2.23. The van der Waals surface area contributed by atoms with Crippen LogP contribution in [0.5, 0.6) is 0 Å². The van der Waals surface area contributed by atoms with Crippen LogP contribution in [0.2, 0.25) is 0 Å². The van der Waals surface area contributed by atoms with Gasteiger partial charge in [-0.15, -0.1) is 11.3 Å². The fourth-order valence-electron chi connectivity index (χ4n) is 1.30. The lowest BCUT2D eigenvalue weighted by Gasteiger charge is -2.19. The standard InChI is InChI=1S/C10H17NS/c1-4-11-9(3)8(2)10-6-5-7-12-10/h5-9,11H,4H2,1-3H3. The molecule has 0 radical (unpaired) electrons. The van der Waals surface area contributed by atoms with E-state index in [0.717, 1.165) is 6.54 Å². The van der Waals surface area contributed by atoms with Gasteiger partial charge in [0.15, 0.2) is 0 Å². The van der Waals surface area contributed by atoms with Gasteiger partial charge in [-0.2, -0.15) is 0 Å². The molecule has 0 aliphatic heterocycles. The van der Waals surface area contributed by atoms with Crippen molar-refractivity contribution >= 4 is 11.3 Å². The zero-order chi connectivity index (χ0) is 8.97. The molecule has 0 aliphatic carbocycles. The van der Waals surface area contributed by atoms with E-state index in [-0.39, 0.29) is 0 Å². The molecular formula is C10H17NS. The van der Waals surface area contributed by atoms with E-state index in [4.69, 9.17) is 0 Å². The van der Waals surface area contributed by atoms with Gasteiger partial charge in [-0.1, -0.05) is 19.9 Å². The minimum absolute atomic E-state index is 0.577. The minimum Gasteiger partial charge on any atom is -0.314 e. The third-order valence-corrected chi connectivity index (χ3v) is 3.34. The Morgan fingerprint density at radius 1 is 1.50 bits per heavy atom. The average Bonchev–Trinajstić information content (AvgIpc) is 2.55. The normalized spacial score (nSPS) is 15.9. The van der Waals surface area contributed by atoms with E-state index in [0.29, 0.717) is 12.0 Å². The van der Waals surface area contributed by atoms with Gasteiger partial charge in [-0.05, 0) is 24.9 Å². The summed E-state index contributed by atoms with van der Waals surface area (Å²) in [5, 5.41) is 5.58. The summed E-state index contributed by atoms with van der Waals surface area (Å²) in [6, 6.07) is 4.91. The van der Waals surface area contributed by atoms with Crippen LogP contribution in [0.4, 0.5) is 0 Å². The lowest BCUT2D eigenvalue weighted by atomic mass is 10.0. The number of likely N-dealkylation sites (N-methyl/N-ethyl adjacent to an activating group) is 1. The van der Waals surface area contributed by atoms with Crippen LogP contribution in [0.25, 0.3) is 0 Å². The lowest BCUT2D eigenvalue weighted by Crippen LogP contribution is -2.30. The number of hydrogen-bond donors (Lipinski definition) is 1. The summed E-state index contributed by atoms with van der Waals surface area (Å²) in [5.74, 6) is 0.630. The summed E-state index contributed by atoms with van der Waals surface area (Å²) in [6.07, 6.45) is 0. The van der Waals surface area contributed by atoms with E-state index in [1.54, 1.807) is 0 Å². The fourth-order valence-corrected chi connectivity index (χ4v) is 2.19. The van der Waals surface area contributed by atoms with Crippen molar-refractivity contribution in [2.75, 3.05) is 6.54 Å². The van der Waals surface area contributed by atoms with Crippen molar-refractivity contribution in [3.63, 3.8) is 0 Å². The van der Waals surface area contributed by atoms with Gasteiger partial charge in [0.05, 0.1) is 0 Å². The number of rotatable bonds is 4. The molecule has 0 spiro atoms. The van der Waals surface area contributed by atoms with Crippen molar-refractivity contribution in [2.45, 2.75) is 32.7 Å². The monoisotopic (exact) mass is 183 g/mol. The predicted octanol–water partition coefficient (Wildman–Crippen LogP) is 2.85. The smallest absolute Gasteiger partial charge is 0.0113 e. The van der Waals surface area contributed by atoms with Crippen molar-refractivity contribution < 1.29 is 0 Å². The summed E-state index contributed by atoms with van der Waals surface area (Å²) >= 11 is 1.85. The highest BCUT2D eigenvalue weighted by atomic mass is 32.1. The number of thiophene rings is 1.